The molecule has 302 valence electrons. The Morgan fingerprint density at radius 3 is 1.53 bits per heavy atom. The van der Waals surface area contributed by atoms with Crippen molar-refractivity contribution in [1.82, 2.24) is 0 Å². The number of para-hydroxylation sites is 3. The number of rotatable bonds is 7. The summed E-state index contributed by atoms with van der Waals surface area (Å²) >= 11 is 0. The summed E-state index contributed by atoms with van der Waals surface area (Å²) in [5, 5.41) is 4.72. The van der Waals surface area contributed by atoms with Gasteiger partial charge in [0.2, 0.25) is 0 Å². The van der Waals surface area contributed by atoms with E-state index in [0.717, 1.165) is 55.7 Å². The van der Waals surface area contributed by atoms with E-state index in [1.165, 1.54) is 49.7 Å². The van der Waals surface area contributed by atoms with E-state index in [1.54, 1.807) is 0 Å². The van der Waals surface area contributed by atoms with Crippen LogP contribution in [0.15, 0.2) is 205 Å². The summed E-state index contributed by atoms with van der Waals surface area (Å²) in [6.07, 6.45) is 0. The Labute approximate surface area is 365 Å². The summed E-state index contributed by atoms with van der Waals surface area (Å²) in [4.78, 5) is 2.48. The van der Waals surface area contributed by atoms with Crippen molar-refractivity contribution in [2.45, 2.75) is 52.4 Å². The Kier molecular flexibility index (Phi) is 9.68. The van der Waals surface area contributed by atoms with Crippen molar-refractivity contribution in [1.29, 1.82) is 0 Å². The molecule has 0 radical (unpaired) electrons. The summed E-state index contributed by atoms with van der Waals surface area (Å²) in [5.74, 6) is 0. The molecule has 0 aliphatic carbocycles. The zero-order valence-electron chi connectivity index (χ0n) is 36.4. The zero-order valence-corrected chi connectivity index (χ0v) is 36.4. The predicted octanol–water partition coefficient (Wildman–Crippen LogP) is 17.5. The monoisotopic (exact) mass is 801 g/mol. The standard InChI is InChI=1S/C60H51NO/c1-59(2,3)44-37-43(38-45(39-44)60(4,5)6)47-23-10-13-29-53(47)61(46-35-33-41(34-36-46)49-27-18-32-56-58(49)52-25-12-15-31-55(52)62-56)54-30-14-11-24-50(54)51-28-17-22-42-21-16-26-48(57(42)51)40-19-8-7-9-20-40/h7-39H,1-6H3. The van der Waals surface area contributed by atoms with E-state index in [1.807, 2.05) is 6.07 Å². The molecule has 0 spiro atoms. The Morgan fingerprint density at radius 1 is 0.355 bits per heavy atom. The van der Waals surface area contributed by atoms with Crippen LogP contribution >= 0.6 is 0 Å². The van der Waals surface area contributed by atoms with Gasteiger partial charge in [-0.2, -0.15) is 0 Å². The second kappa shape index (κ2) is 15.4. The highest BCUT2D eigenvalue weighted by Gasteiger charge is 2.25. The van der Waals surface area contributed by atoms with E-state index in [-0.39, 0.29) is 10.8 Å². The number of benzene rings is 9. The van der Waals surface area contributed by atoms with Crippen LogP contribution in [0.2, 0.25) is 0 Å². The summed E-state index contributed by atoms with van der Waals surface area (Å²) < 4.78 is 6.32. The van der Waals surface area contributed by atoms with Crippen LogP contribution in [-0.4, -0.2) is 0 Å². The van der Waals surface area contributed by atoms with Crippen LogP contribution in [0.25, 0.3) is 77.2 Å². The molecule has 0 unspecified atom stereocenters. The van der Waals surface area contributed by atoms with E-state index in [2.05, 4.69) is 241 Å². The lowest BCUT2D eigenvalue weighted by atomic mass is 9.78. The SMILES string of the molecule is CC(C)(C)c1cc(-c2ccccc2N(c2ccc(-c3cccc4oc5ccccc5c34)cc2)c2ccccc2-c2cccc3cccc(-c4ccccc4)c23)cc(C(C)(C)C)c1. The van der Waals surface area contributed by atoms with Crippen LogP contribution in [0.4, 0.5) is 17.1 Å². The molecule has 0 saturated carbocycles. The smallest absolute Gasteiger partial charge is 0.136 e. The van der Waals surface area contributed by atoms with Gasteiger partial charge in [-0.3, -0.25) is 0 Å². The lowest BCUT2D eigenvalue weighted by molar-refractivity contribution is 0.569. The minimum atomic E-state index is -0.0267. The summed E-state index contributed by atoms with van der Waals surface area (Å²) in [6.45, 7) is 13.9. The third-order valence-corrected chi connectivity index (χ3v) is 12.4. The highest BCUT2D eigenvalue weighted by molar-refractivity contribution is 6.13. The molecule has 10 rings (SSSR count). The highest BCUT2D eigenvalue weighted by atomic mass is 16.3. The topological polar surface area (TPSA) is 16.4 Å². The van der Waals surface area contributed by atoms with Crippen molar-refractivity contribution in [3.05, 3.63) is 211 Å². The molecule has 2 heteroatoms. The van der Waals surface area contributed by atoms with Gasteiger partial charge in [0, 0.05) is 27.6 Å². The van der Waals surface area contributed by atoms with E-state index >= 15 is 0 Å². The first-order valence-corrected chi connectivity index (χ1v) is 21.8. The van der Waals surface area contributed by atoms with E-state index in [4.69, 9.17) is 4.42 Å². The van der Waals surface area contributed by atoms with Gasteiger partial charge in [0.25, 0.3) is 0 Å². The van der Waals surface area contributed by atoms with Crippen molar-refractivity contribution in [3.8, 4) is 44.5 Å². The van der Waals surface area contributed by atoms with Gasteiger partial charge in [-0.15, -0.1) is 0 Å². The molecule has 9 aromatic carbocycles. The van der Waals surface area contributed by atoms with Crippen LogP contribution in [0.5, 0.6) is 0 Å². The Hall–Kier alpha value is -7.16. The number of anilines is 3. The Morgan fingerprint density at radius 2 is 0.855 bits per heavy atom. The molecule has 1 heterocycles. The summed E-state index contributed by atoms with van der Waals surface area (Å²) in [6, 6.07) is 73.1. The third kappa shape index (κ3) is 7.06. The van der Waals surface area contributed by atoms with Crippen molar-refractivity contribution in [2.24, 2.45) is 0 Å². The second-order valence-electron chi connectivity index (χ2n) is 18.6. The molecule has 10 aromatic rings. The molecule has 0 aliphatic rings. The predicted molar refractivity (Wildman–Crippen MR) is 265 cm³/mol. The molecule has 0 atom stereocenters. The molecular formula is C60H51NO. The van der Waals surface area contributed by atoms with Crippen LogP contribution in [-0.2, 0) is 10.8 Å². The lowest BCUT2D eigenvalue weighted by Gasteiger charge is -2.31. The van der Waals surface area contributed by atoms with Gasteiger partial charge >= 0.3 is 0 Å². The number of hydrogen-bond donors (Lipinski definition) is 0. The van der Waals surface area contributed by atoms with Gasteiger partial charge in [0.05, 0.1) is 11.4 Å². The maximum atomic E-state index is 6.32. The molecule has 2 nitrogen and oxygen atoms in total. The first-order valence-electron chi connectivity index (χ1n) is 21.8. The van der Waals surface area contributed by atoms with Gasteiger partial charge in [0.15, 0.2) is 0 Å². The van der Waals surface area contributed by atoms with Crippen molar-refractivity contribution in [3.63, 3.8) is 0 Å². The molecule has 0 aliphatic heterocycles. The minimum Gasteiger partial charge on any atom is -0.456 e. The van der Waals surface area contributed by atoms with Crippen LogP contribution < -0.4 is 4.90 Å². The summed E-state index contributed by atoms with van der Waals surface area (Å²) in [7, 11) is 0. The fraction of sp³-hybridized carbons (Fsp3) is 0.133. The second-order valence-corrected chi connectivity index (χ2v) is 18.6. The summed E-state index contributed by atoms with van der Waals surface area (Å²) in [5.41, 5.74) is 17.2. The fourth-order valence-electron chi connectivity index (χ4n) is 9.10. The number of fused-ring (bicyclic) bond motifs is 4. The maximum absolute atomic E-state index is 6.32. The van der Waals surface area contributed by atoms with Gasteiger partial charge in [-0.1, -0.05) is 205 Å². The molecule has 0 fully saturated rings. The van der Waals surface area contributed by atoms with Crippen LogP contribution in [0.3, 0.4) is 0 Å². The minimum absolute atomic E-state index is 0.0267. The van der Waals surface area contributed by atoms with Crippen LogP contribution in [0, 0.1) is 0 Å². The molecule has 1 aromatic heterocycles. The van der Waals surface area contributed by atoms with Gasteiger partial charge < -0.3 is 9.32 Å². The quantitative estimate of drug-likeness (QED) is 0.160. The van der Waals surface area contributed by atoms with Gasteiger partial charge in [-0.05, 0) is 103 Å². The molecule has 62 heavy (non-hydrogen) atoms. The first-order chi connectivity index (χ1) is 30.0. The third-order valence-electron chi connectivity index (χ3n) is 12.4. The van der Waals surface area contributed by atoms with Crippen molar-refractivity contribution < 1.29 is 4.42 Å². The zero-order chi connectivity index (χ0) is 42.6. The van der Waals surface area contributed by atoms with Gasteiger partial charge in [-0.25, -0.2) is 0 Å². The first kappa shape index (κ1) is 39.0. The fourth-order valence-corrected chi connectivity index (χ4v) is 9.10. The largest absolute Gasteiger partial charge is 0.456 e. The van der Waals surface area contributed by atoms with E-state index in [9.17, 15) is 0 Å². The Bertz CT molecular complexity index is 3210. The molecule has 0 amide bonds. The van der Waals surface area contributed by atoms with E-state index < -0.39 is 0 Å². The van der Waals surface area contributed by atoms with Crippen LogP contribution in [0.1, 0.15) is 52.7 Å². The highest BCUT2D eigenvalue weighted by Crippen LogP contribution is 2.48. The average molecular weight is 802 g/mol. The van der Waals surface area contributed by atoms with Crippen molar-refractivity contribution >= 4 is 49.8 Å². The lowest BCUT2D eigenvalue weighted by Crippen LogP contribution is -2.17. The van der Waals surface area contributed by atoms with E-state index in [0.29, 0.717) is 0 Å². The molecule has 0 bridgehead atoms. The molecule has 0 saturated heterocycles. The Balaban J connectivity index is 1.22. The number of nitrogens with zero attached hydrogens (tertiary/aromatic N) is 1. The molecule has 0 N–H and O–H groups in total. The van der Waals surface area contributed by atoms with Gasteiger partial charge in [0.1, 0.15) is 11.2 Å². The number of furan rings is 1. The normalized spacial score (nSPS) is 12.0. The maximum Gasteiger partial charge on any atom is 0.136 e. The number of hydrogen-bond acceptors (Lipinski definition) is 2. The molecular weight excluding hydrogens is 751 g/mol. The van der Waals surface area contributed by atoms with Crippen molar-refractivity contribution in [2.75, 3.05) is 4.90 Å². The average Bonchev–Trinajstić information content (AvgIpc) is 3.68.